The second-order valence-electron chi connectivity index (χ2n) is 5.22. The maximum atomic E-state index is 12.5. The molecule has 0 bridgehead atoms. The molecule has 2 unspecified atom stereocenters. The van der Waals surface area contributed by atoms with E-state index < -0.39 is 10.0 Å². The number of nitrogen functional groups attached to an aromatic ring is 1. The standard InChI is InChI=1S/C14H24N2O2S/c1-6-9(2)12(5)16-19(17,18)14-10(3)7-8-13(15)11(14)4/h7-9,12,16H,6,15H2,1-5H3. The van der Waals surface area contributed by atoms with Crippen molar-refractivity contribution in [2.24, 2.45) is 5.92 Å². The second-order valence-corrected chi connectivity index (χ2v) is 6.87. The summed E-state index contributed by atoms with van der Waals surface area (Å²) < 4.78 is 27.7. The summed E-state index contributed by atoms with van der Waals surface area (Å²) >= 11 is 0. The molecule has 0 saturated heterocycles. The average molecular weight is 284 g/mol. The van der Waals surface area contributed by atoms with E-state index in [4.69, 9.17) is 5.73 Å². The summed E-state index contributed by atoms with van der Waals surface area (Å²) in [5, 5.41) is 0. The normalized spacial score (nSPS) is 15.2. The smallest absolute Gasteiger partial charge is 0.241 e. The van der Waals surface area contributed by atoms with Crippen molar-refractivity contribution in [2.75, 3.05) is 5.73 Å². The molecule has 108 valence electrons. The minimum absolute atomic E-state index is 0.102. The van der Waals surface area contributed by atoms with Gasteiger partial charge in [-0.25, -0.2) is 13.1 Å². The minimum Gasteiger partial charge on any atom is -0.398 e. The topological polar surface area (TPSA) is 72.2 Å². The van der Waals surface area contributed by atoms with E-state index in [1.807, 2.05) is 20.8 Å². The molecule has 0 spiro atoms. The summed E-state index contributed by atoms with van der Waals surface area (Å²) in [7, 11) is -3.53. The van der Waals surface area contributed by atoms with Gasteiger partial charge in [0.2, 0.25) is 10.0 Å². The highest BCUT2D eigenvalue weighted by Gasteiger charge is 2.24. The number of hydrogen-bond donors (Lipinski definition) is 2. The van der Waals surface area contributed by atoms with Crippen molar-refractivity contribution in [3.05, 3.63) is 23.3 Å². The van der Waals surface area contributed by atoms with E-state index in [0.717, 1.165) is 12.0 Å². The van der Waals surface area contributed by atoms with Crippen LogP contribution in [-0.2, 0) is 10.0 Å². The van der Waals surface area contributed by atoms with Crippen LogP contribution in [0.1, 0.15) is 38.3 Å². The number of rotatable bonds is 5. The summed E-state index contributed by atoms with van der Waals surface area (Å²) in [6.45, 7) is 9.50. The Kier molecular flexibility index (Phi) is 4.98. The Morgan fingerprint density at radius 3 is 2.37 bits per heavy atom. The quantitative estimate of drug-likeness (QED) is 0.816. The number of hydrogen-bond acceptors (Lipinski definition) is 3. The fraction of sp³-hybridized carbons (Fsp3) is 0.571. The molecule has 19 heavy (non-hydrogen) atoms. The van der Waals surface area contributed by atoms with Gasteiger partial charge in [0.1, 0.15) is 0 Å². The van der Waals surface area contributed by atoms with Crippen molar-refractivity contribution >= 4 is 15.7 Å². The van der Waals surface area contributed by atoms with E-state index in [0.29, 0.717) is 16.1 Å². The molecule has 0 radical (unpaired) electrons. The van der Waals surface area contributed by atoms with Gasteiger partial charge in [-0.1, -0.05) is 26.3 Å². The molecule has 1 rings (SSSR count). The van der Waals surface area contributed by atoms with Crippen LogP contribution in [0.2, 0.25) is 0 Å². The number of benzene rings is 1. The number of anilines is 1. The molecule has 0 heterocycles. The Labute approximate surface area is 116 Å². The Morgan fingerprint density at radius 2 is 1.84 bits per heavy atom. The molecule has 0 aromatic heterocycles. The van der Waals surface area contributed by atoms with Gasteiger partial charge in [-0.05, 0) is 43.9 Å². The van der Waals surface area contributed by atoms with Crippen LogP contribution < -0.4 is 10.5 Å². The molecule has 3 N–H and O–H groups in total. The highest BCUT2D eigenvalue weighted by Crippen LogP contribution is 2.25. The monoisotopic (exact) mass is 284 g/mol. The summed E-state index contributed by atoms with van der Waals surface area (Å²) in [6.07, 6.45) is 0.929. The zero-order chi connectivity index (χ0) is 14.8. The van der Waals surface area contributed by atoms with Gasteiger partial charge in [0, 0.05) is 11.7 Å². The highest BCUT2D eigenvalue weighted by atomic mass is 32.2. The van der Waals surface area contributed by atoms with Crippen LogP contribution in [0.15, 0.2) is 17.0 Å². The van der Waals surface area contributed by atoms with Crippen LogP contribution in [0.3, 0.4) is 0 Å². The van der Waals surface area contributed by atoms with Crippen LogP contribution in [0.4, 0.5) is 5.69 Å². The second kappa shape index (κ2) is 5.92. The largest absolute Gasteiger partial charge is 0.398 e. The van der Waals surface area contributed by atoms with Crippen LogP contribution in [0.5, 0.6) is 0 Å². The van der Waals surface area contributed by atoms with Gasteiger partial charge in [-0.15, -0.1) is 0 Å². The van der Waals surface area contributed by atoms with E-state index in [1.165, 1.54) is 0 Å². The van der Waals surface area contributed by atoms with Crippen molar-refractivity contribution in [3.8, 4) is 0 Å². The molecular formula is C14H24N2O2S. The maximum Gasteiger partial charge on any atom is 0.241 e. The molecule has 1 aromatic rings. The zero-order valence-corrected chi connectivity index (χ0v) is 13.1. The number of sulfonamides is 1. The molecule has 4 nitrogen and oxygen atoms in total. The minimum atomic E-state index is -3.53. The first-order valence-corrected chi connectivity index (χ1v) is 8.07. The molecular weight excluding hydrogens is 260 g/mol. The lowest BCUT2D eigenvalue weighted by Gasteiger charge is -2.21. The molecule has 0 aliphatic rings. The summed E-state index contributed by atoms with van der Waals surface area (Å²) in [5.74, 6) is 0.288. The van der Waals surface area contributed by atoms with Crippen molar-refractivity contribution in [2.45, 2.75) is 52.0 Å². The Morgan fingerprint density at radius 1 is 1.26 bits per heavy atom. The Hall–Kier alpha value is -1.07. The molecule has 5 heteroatoms. The van der Waals surface area contributed by atoms with E-state index in [1.54, 1.807) is 26.0 Å². The SMILES string of the molecule is CCC(C)C(C)NS(=O)(=O)c1c(C)ccc(N)c1C. The van der Waals surface area contributed by atoms with Gasteiger partial charge in [0.25, 0.3) is 0 Å². The Bertz CT molecular complexity index is 553. The molecule has 0 aliphatic heterocycles. The summed E-state index contributed by atoms with van der Waals surface area (Å²) in [4.78, 5) is 0.308. The zero-order valence-electron chi connectivity index (χ0n) is 12.3. The third-order valence-corrected chi connectivity index (χ3v) is 5.60. The maximum absolute atomic E-state index is 12.5. The van der Waals surface area contributed by atoms with Crippen LogP contribution in [-0.4, -0.2) is 14.5 Å². The molecule has 0 saturated carbocycles. The molecule has 0 fully saturated rings. The fourth-order valence-electron chi connectivity index (χ4n) is 2.03. The molecule has 0 amide bonds. The lowest BCUT2D eigenvalue weighted by molar-refractivity contribution is 0.434. The van der Waals surface area contributed by atoms with Gasteiger partial charge in [-0.3, -0.25) is 0 Å². The van der Waals surface area contributed by atoms with Crippen molar-refractivity contribution < 1.29 is 8.42 Å². The van der Waals surface area contributed by atoms with Crippen molar-refractivity contribution in [1.82, 2.24) is 4.72 Å². The number of aryl methyl sites for hydroxylation is 1. The number of nitrogens with one attached hydrogen (secondary N) is 1. The lowest BCUT2D eigenvalue weighted by Crippen LogP contribution is -2.37. The van der Waals surface area contributed by atoms with E-state index in [2.05, 4.69) is 4.72 Å². The first-order valence-electron chi connectivity index (χ1n) is 6.58. The van der Waals surface area contributed by atoms with Gasteiger partial charge in [0.05, 0.1) is 4.90 Å². The Balaban J connectivity index is 3.18. The van der Waals surface area contributed by atoms with Gasteiger partial charge >= 0.3 is 0 Å². The number of nitrogens with two attached hydrogens (primary N) is 1. The molecule has 1 aromatic carbocycles. The van der Waals surface area contributed by atoms with E-state index >= 15 is 0 Å². The first kappa shape index (κ1) is 16.0. The van der Waals surface area contributed by atoms with Crippen molar-refractivity contribution in [1.29, 1.82) is 0 Å². The third-order valence-electron chi connectivity index (χ3n) is 3.75. The van der Waals surface area contributed by atoms with Gasteiger partial charge in [-0.2, -0.15) is 0 Å². The predicted molar refractivity (Wildman–Crippen MR) is 79.6 cm³/mol. The lowest BCUT2D eigenvalue weighted by atomic mass is 10.0. The van der Waals surface area contributed by atoms with E-state index in [-0.39, 0.29) is 12.0 Å². The van der Waals surface area contributed by atoms with Crippen LogP contribution in [0.25, 0.3) is 0 Å². The van der Waals surface area contributed by atoms with Crippen LogP contribution in [0, 0.1) is 19.8 Å². The molecule has 2 atom stereocenters. The predicted octanol–water partition coefficient (Wildman–Crippen LogP) is 2.60. The summed E-state index contributed by atoms with van der Waals surface area (Å²) in [5.41, 5.74) is 7.65. The average Bonchev–Trinajstić information content (AvgIpc) is 2.32. The fourth-order valence-corrected chi connectivity index (χ4v) is 3.88. The summed E-state index contributed by atoms with van der Waals surface area (Å²) in [6, 6.07) is 3.38. The van der Waals surface area contributed by atoms with E-state index in [9.17, 15) is 8.42 Å². The third kappa shape index (κ3) is 3.48. The molecule has 0 aliphatic carbocycles. The van der Waals surface area contributed by atoms with Crippen LogP contribution >= 0.6 is 0 Å². The highest BCUT2D eigenvalue weighted by molar-refractivity contribution is 7.89. The van der Waals surface area contributed by atoms with Crippen molar-refractivity contribution in [3.63, 3.8) is 0 Å². The van der Waals surface area contributed by atoms with Gasteiger partial charge in [0.15, 0.2) is 0 Å². The first-order chi connectivity index (χ1) is 8.70. The van der Waals surface area contributed by atoms with Gasteiger partial charge < -0.3 is 5.73 Å².